The van der Waals surface area contributed by atoms with Crippen molar-refractivity contribution in [2.45, 2.75) is 32.2 Å². The quantitative estimate of drug-likeness (QED) is 0.789. The van der Waals surface area contributed by atoms with Crippen molar-refractivity contribution in [1.29, 1.82) is 0 Å². The van der Waals surface area contributed by atoms with Gasteiger partial charge in [0.1, 0.15) is 6.54 Å². The molecule has 8 heteroatoms. The Hall–Kier alpha value is -2.64. The van der Waals surface area contributed by atoms with Gasteiger partial charge in [-0.05, 0) is 31.6 Å². The molecule has 1 N–H and O–H groups in total. The number of hydrogen-bond acceptors (Lipinski definition) is 4. The van der Waals surface area contributed by atoms with E-state index in [9.17, 15) is 14.4 Å². The molecule has 1 unspecified atom stereocenters. The minimum absolute atomic E-state index is 0.00441. The molecule has 1 aliphatic rings. The molecular weight excluding hydrogens is 322 g/mol. The fraction of sp³-hybridized carbons (Fsp3) is 0.529. The highest BCUT2D eigenvalue weighted by Gasteiger charge is 2.16. The van der Waals surface area contributed by atoms with E-state index in [0.29, 0.717) is 12.5 Å². The molecule has 0 fully saturated rings. The molecular formula is C17H23N5O3. The van der Waals surface area contributed by atoms with Gasteiger partial charge in [-0.15, -0.1) is 0 Å². The van der Waals surface area contributed by atoms with E-state index in [-0.39, 0.29) is 23.6 Å². The number of carbonyl (C=O) groups excluding carboxylic acids is 1. The number of allylic oxidation sites excluding steroid dienone is 2. The molecule has 0 saturated heterocycles. The Morgan fingerprint density at radius 2 is 2.12 bits per heavy atom. The van der Waals surface area contributed by atoms with Crippen molar-refractivity contribution in [2.75, 3.05) is 6.54 Å². The zero-order valence-corrected chi connectivity index (χ0v) is 14.6. The van der Waals surface area contributed by atoms with E-state index >= 15 is 0 Å². The topological polar surface area (TPSA) is 90.9 Å². The Labute approximate surface area is 144 Å². The molecule has 1 atom stereocenters. The number of amides is 1. The van der Waals surface area contributed by atoms with Crippen LogP contribution in [0.15, 0.2) is 28.1 Å². The van der Waals surface area contributed by atoms with Gasteiger partial charge in [0, 0.05) is 20.6 Å². The molecule has 0 spiro atoms. The van der Waals surface area contributed by atoms with E-state index in [1.54, 1.807) is 7.05 Å². The first-order valence-electron chi connectivity index (χ1n) is 8.53. The molecule has 1 aliphatic carbocycles. The van der Waals surface area contributed by atoms with Crippen molar-refractivity contribution in [1.82, 2.24) is 24.0 Å². The molecule has 0 bridgehead atoms. The number of aromatic nitrogens is 4. The Morgan fingerprint density at radius 1 is 1.32 bits per heavy atom. The number of aryl methyl sites for hydroxylation is 1. The summed E-state index contributed by atoms with van der Waals surface area (Å²) in [6.07, 6.45) is 10.3. The van der Waals surface area contributed by atoms with Crippen LogP contribution in [0.1, 0.15) is 25.7 Å². The van der Waals surface area contributed by atoms with Crippen molar-refractivity contribution in [3.05, 3.63) is 39.3 Å². The van der Waals surface area contributed by atoms with Gasteiger partial charge in [0.05, 0.1) is 6.33 Å². The molecule has 134 valence electrons. The van der Waals surface area contributed by atoms with Crippen molar-refractivity contribution < 1.29 is 4.79 Å². The zero-order chi connectivity index (χ0) is 18.0. The Bertz CT molecular complexity index is 934. The number of carbonyl (C=O) groups is 1. The number of hydrogen-bond donors (Lipinski definition) is 1. The first kappa shape index (κ1) is 17.2. The fourth-order valence-electron chi connectivity index (χ4n) is 3.25. The Morgan fingerprint density at radius 3 is 2.84 bits per heavy atom. The van der Waals surface area contributed by atoms with Crippen LogP contribution in [-0.4, -0.2) is 31.1 Å². The molecule has 2 aromatic rings. The Balaban J connectivity index is 1.69. The van der Waals surface area contributed by atoms with Gasteiger partial charge in [0.25, 0.3) is 5.56 Å². The second-order valence-corrected chi connectivity index (χ2v) is 6.51. The maximum absolute atomic E-state index is 12.3. The van der Waals surface area contributed by atoms with Crippen LogP contribution in [0.4, 0.5) is 0 Å². The van der Waals surface area contributed by atoms with Gasteiger partial charge in [-0.2, -0.15) is 0 Å². The number of fused-ring (bicyclic) bond motifs is 1. The summed E-state index contributed by atoms with van der Waals surface area (Å²) in [6, 6.07) is 0. The first-order valence-corrected chi connectivity index (χ1v) is 8.53. The maximum atomic E-state index is 12.3. The average molecular weight is 345 g/mol. The van der Waals surface area contributed by atoms with Gasteiger partial charge in [0.15, 0.2) is 11.2 Å². The lowest BCUT2D eigenvalue weighted by Crippen LogP contribution is -2.38. The summed E-state index contributed by atoms with van der Waals surface area (Å²) in [7, 11) is 2.97. The highest BCUT2D eigenvalue weighted by molar-refractivity contribution is 5.78. The monoisotopic (exact) mass is 345 g/mol. The first-order chi connectivity index (χ1) is 12.0. The average Bonchev–Trinajstić information content (AvgIpc) is 3.02. The maximum Gasteiger partial charge on any atom is 0.332 e. The summed E-state index contributed by atoms with van der Waals surface area (Å²) in [5.74, 6) is 0.361. The SMILES string of the molecule is Cn1c(=O)c2c(ncn2CC(=O)NCCC2C=CCCC2)n(C)c1=O. The van der Waals surface area contributed by atoms with Crippen LogP contribution in [0.5, 0.6) is 0 Å². The second-order valence-electron chi connectivity index (χ2n) is 6.51. The number of nitrogens with one attached hydrogen (secondary N) is 1. The van der Waals surface area contributed by atoms with Crippen molar-refractivity contribution in [3.63, 3.8) is 0 Å². The highest BCUT2D eigenvalue weighted by atomic mass is 16.2. The molecule has 0 radical (unpaired) electrons. The van der Waals surface area contributed by atoms with Crippen molar-refractivity contribution >= 4 is 17.1 Å². The standard InChI is InChI=1S/C17H23N5O3/c1-20-15-14(16(24)21(2)17(20)25)22(11-19-15)10-13(23)18-9-8-12-6-4-3-5-7-12/h4,6,11-12H,3,5,7-10H2,1-2H3,(H,18,23). The van der Waals surface area contributed by atoms with Crippen LogP contribution < -0.4 is 16.6 Å². The van der Waals surface area contributed by atoms with E-state index < -0.39 is 11.2 Å². The fourth-order valence-corrected chi connectivity index (χ4v) is 3.25. The van der Waals surface area contributed by atoms with E-state index in [0.717, 1.165) is 17.4 Å². The molecule has 0 saturated carbocycles. The molecule has 25 heavy (non-hydrogen) atoms. The van der Waals surface area contributed by atoms with Crippen molar-refractivity contribution in [2.24, 2.45) is 20.0 Å². The van der Waals surface area contributed by atoms with Crippen LogP contribution in [0.25, 0.3) is 11.2 Å². The third-order valence-electron chi connectivity index (χ3n) is 4.72. The summed E-state index contributed by atoms with van der Waals surface area (Å²) in [6.45, 7) is 0.613. The van der Waals surface area contributed by atoms with Crippen LogP contribution in [0.3, 0.4) is 0 Å². The number of rotatable bonds is 5. The largest absolute Gasteiger partial charge is 0.355 e. The zero-order valence-electron chi connectivity index (χ0n) is 14.6. The molecule has 3 rings (SSSR count). The van der Waals surface area contributed by atoms with Gasteiger partial charge in [-0.1, -0.05) is 12.2 Å². The lowest BCUT2D eigenvalue weighted by atomic mass is 9.93. The highest BCUT2D eigenvalue weighted by Crippen LogP contribution is 2.19. The third-order valence-corrected chi connectivity index (χ3v) is 4.72. The van der Waals surface area contributed by atoms with Gasteiger partial charge in [-0.3, -0.25) is 18.7 Å². The summed E-state index contributed by atoms with van der Waals surface area (Å²) in [5.41, 5.74) is -0.341. The predicted octanol–water partition coefficient (Wildman–Crippen LogP) is 0.296. The summed E-state index contributed by atoms with van der Waals surface area (Å²) in [4.78, 5) is 40.6. The van der Waals surface area contributed by atoms with Crippen LogP contribution >= 0.6 is 0 Å². The summed E-state index contributed by atoms with van der Waals surface area (Å²) >= 11 is 0. The smallest absolute Gasteiger partial charge is 0.332 e. The van der Waals surface area contributed by atoms with Gasteiger partial charge < -0.3 is 9.88 Å². The molecule has 2 heterocycles. The summed E-state index contributed by atoms with van der Waals surface area (Å²) < 4.78 is 3.82. The van der Waals surface area contributed by atoms with E-state index in [1.165, 1.54) is 35.4 Å². The van der Waals surface area contributed by atoms with Gasteiger partial charge >= 0.3 is 5.69 Å². The van der Waals surface area contributed by atoms with Crippen LogP contribution in [0.2, 0.25) is 0 Å². The summed E-state index contributed by atoms with van der Waals surface area (Å²) in [5, 5.41) is 2.89. The number of nitrogens with zero attached hydrogens (tertiary/aromatic N) is 4. The minimum atomic E-state index is -0.448. The van der Waals surface area contributed by atoms with E-state index in [2.05, 4.69) is 22.5 Å². The Kier molecular flexibility index (Phi) is 4.87. The molecule has 8 nitrogen and oxygen atoms in total. The number of imidazole rings is 1. The third kappa shape index (κ3) is 3.42. The molecule has 0 aromatic carbocycles. The minimum Gasteiger partial charge on any atom is -0.355 e. The van der Waals surface area contributed by atoms with Crippen molar-refractivity contribution in [3.8, 4) is 0 Å². The molecule has 0 aliphatic heterocycles. The normalized spacial score (nSPS) is 17.1. The predicted molar refractivity (Wildman–Crippen MR) is 94.3 cm³/mol. The van der Waals surface area contributed by atoms with Gasteiger partial charge in [-0.25, -0.2) is 9.78 Å². The van der Waals surface area contributed by atoms with E-state index in [4.69, 9.17) is 0 Å². The van der Waals surface area contributed by atoms with Gasteiger partial charge in [0.2, 0.25) is 5.91 Å². The van der Waals surface area contributed by atoms with Crippen LogP contribution in [0, 0.1) is 5.92 Å². The van der Waals surface area contributed by atoms with E-state index in [1.807, 2.05) is 0 Å². The molecule has 2 aromatic heterocycles. The lowest BCUT2D eigenvalue weighted by Gasteiger charge is -2.16. The van der Waals surface area contributed by atoms with Crippen LogP contribution in [-0.2, 0) is 25.4 Å². The second kappa shape index (κ2) is 7.08. The molecule has 1 amide bonds. The lowest BCUT2D eigenvalue weighted by molar-refractivity contribution is -0.121.